The van der Waals surface area contributed by atoms with Crippen LogP contribution in [0.4, 0.5) is 13.2 Å². The standard InChI is InChI=1S/C3H6F3NO5S2/c1-12-3(5,6)2(4)14(10,11)7-13(8)9/h2,7H,1H3,(H,8,9)/p-1. The van der Waals surface area contributed by atoms with Crippen LogP contribution >= 0.6 is 0 Å². The normalized spacial score (nSPS) is 17.8. The summed E-state index contributed by atoms with van der Waals surface area (Å²) in [6.45, 7) is 0. The molecule has 11 heteroatoms. The highest BCUT2D eigenvalue weighted by atomic mass is 32.3. The fraction of sp³-hybridized carbons (Fsp3) is 1.00. The van der Waals surface area contributed by atoms with Gasteiger partial charge in [0, 0.05) is 18.4 Å². The maximum absolute atomic E-state index is 12.5. The lowest BCUT2D eigenvalue weighted by molar-refractivity contribution is -0.240. The predicted octanol–water partition coefficient (Wildman–Crippen LogP) is -0.765. The number of alkyl halides is 3. The molecule has 0 saturated carbocycles. The topological polar surface area (TPSA) is 95.5 Å². The molecule has 2 unspecified atom stereocenters. The second kappa shape index (κ2) is 4.53. The fourth-order valence-electron chi connectivity index (χ4n) is 0.410. The molecule has 86 valence electrons. The third kappa shape index (κ3) is 3.49. The Morgan fingerprint density at radius 3 is 2.29 bits per heavy atom. The molecule has 0 saturated heterocycles. The molecular formula is C3H5F3NO5S2-. The number of nitrogens with one attached hydrogen (secondary N) is 1. The first-order chi connectivity index (χ1) is 6.13. The zero-order valence-electron chi connectivity index (χ0n) is 6.57. The summed E-state index contributed by atoms with van der Waals surface area (Å²) in [4.78, 5) is 0. The minimum atomic E-state index is -5.33. The van der Waals surface area contributed by atoms with E-state index in [0.717, 1.165) is 0 Å². The highest BCUT2D eigenvalue weighted by molar-refractivity contribution is 8.00. The van der Waals surface area contributed by atoms with E-state index in [1.165, 1.54) is 0 Å². The van der Waals surface area contributed by atoms with Crippen molar-refractivity contribution < 1.29 is 35.1 Å². The number of ether oxygens (including phenoxy) is 1. The summed E-state index contributed by atoms with van der Waals surface area (Å²) in [6.07, 6.45) is -4.62. The number of rotatable bonds is 5. The lowest BCUT2D eigenvalue weighted by Gasteiger charge is -2.19. The molecule has 1 N–H and O–H groups in total. The van der Waals surface area contributed by atoms with E-state index in [1.807, 2.05) is 0 Å². The highest BCUT2D eigenvalue weighted by Crippen LogP contribution is 2.25. The van der Waals surface area contributed by atoms with E-state index in [0.29, 0.717) is 11.2 Å². The summed E-state index contributed by atoms with van der Waals surface area (Å²) < 4.78 is 81.5. The molecule has 0 radical (unpaired) electrons. The average molecular weight is 256 g/mol. The van der Waals surface area contributed by atoms with E-state index in [9.17, 15) is 30.4 Å². The maximum atomic E-state index is 12.5. The van der Waals surface area contributed by atoms with Crippen molar-refractivity contribution in [2.24, 2.45) is 0 Å². The summed E-state index contributed by atoms with van der Waals surface area (Å²) in [5.41, 5.74) is -3.81. The maximum Gasteiger partial charge on any atom is 0.402 e. The van der Waals surface area contributed by atoms with Gasteiger partial charge in [-0.25, -0.2) is 12.8 Å². The molecular weight excluding hydrogens is 251 g/mol. The monoisotopic (exact) mass is 256 g/mol. The quantitative estimate of drug-likeness (QED) is 0.652. The highest BCUT2D eigenvalue weighted by Gasteiger charge is 2.49. The molecule has 0 aliphatic rings. The van der Waals surface area contributed by atoms with Gasteiger partial charge in [0.05, 0.1) is 0 Å². The van der Waals surface area contributed by atoms with Crippen LogP contribution in [0.25, 0.3) is 0 Å². The number of sulfonamides is 1. The number of hydrogen-bond acceptors (Lipinski definition) is 5. The van der Waals surface area contributed by atoms with Gasteiger partial charge in [0.15, 0.2) is 0 Å². The Bertz CT molecular complexity index is 316. The molecule has 2 atom stereocenters. The van der Waals surface area contributed by atoms with Crippen molar-refractivity contribution in [1.29, 1.82) is 0 Å². The van der Waals surface area contributed by atoms with Crippen molar-refractivity contribution in [2.45, 2.75) is 11.6 Å². The van der Waals surface area contributed by atoms with Gasteiger partial charge in [-0.15, -0.1) is 4.13 Å². The molecule has 0 rings (SSSR count). The SMILES string of the molecule is COC(F)(F)C(F)S(=O)(=O)NS(=O)[O-]. The Hall–Kier alpha value is -0.230. The van der Waals surface area contributed by atoms with Crippen molar-refractivity contribution in [1.82, 2.24) is 4.13 Å². The van der Waals surface area contributed by atoms with Crippen LogP contribution in [-0.2, 0) is 26.0 Å². The van der Waals surface area contributed by atoms with Crippen LogP contribution in [-0.4, -0.2) is 35.9 Å². The van der Waals surface area contributed by atoms with E-state index >= 15 is 0 Å². The van der Waals surface area contributed by atoms with Crippen molar-refractivity contribution in [3.05, 3.63) is 0 Å². The van der Waals surface area contributed by atoms with E-state index in [2.05, 4.69) is 4.74 Å². The summed E-state index contributed by atoms with van der Waals surface area (Å²) in [5, 5.41) is 0. The summed E-state index contributed by atoms with van der Waals surface area (Å²) in [7, 11) is -4.96. The molecule has 0 aromatic rings. The van der Waals surface area contributed by atoms with Crippen LogP contribution in [0.2, 0.25) is 0 Å². The van der Waals surface area contributed by atoms with Gasteiger partial charge in [-0.05, 0) is 0 Å². The van der Waals surface area contributed by atoms with Crippen LogP contribution in [0.3, 0.4) is 0 Å². The van der Waals surface area contributed by atoms with E-state index in [1.54, 1.807) is 0 Å². The number of hydrogen-bond donors (Lipinski definition) is 1. The number of halogens is 3. The van der Waals surface area contributed by atoms with Gasteiger partial charge in [0.25, 0.3) is 10.0 Å². The molecule has 0 spiro atoms. The van der Waals surface area contributed by atoms with E-state index in [-0.39, 0.29) is 0 Å². The van der Waals surface area contributed by atoms with Crippen molar-refractivity contribution in [3.8, 4) is 0 Å². The van der Waals surface area contributed by atoms with E-state index < -0.39 is 32.9 Å². The van der Waals surface area contributed by atoms with Crippen molar-refractivity contribution in [2.75, 3.05) is 7.11 Å². The molecule has 6 nitrogen and oxygen atoms in total. The fourth-order valence-corrected chi connectivity index (χ4v) is 1.96. The predicted molar refractivity (Wildman–Crippen MR) is 37.8 cm³/mol. The first-order valence-electron chi connectivity index (χ1n) is 2.81. The van der Waals surface area contributed by atoms with Gasteiger partial charge >= 0.3 is 11.6 Å². The van der Waals surface area contributed by atoms with Crippen molar-refractivity contribution >= 4 is 21.3 Å². The first kappa shape index (κ1) is 13.8. The second-order valence-electron chi connectivity index (χ2n) is 1.95. The van der Waals surface area contributed by atoms with Gasteiger partial charge in [-0.3, -0.25) is 4.21 Å². The molecule has 14 heavy (non-hydrogen) atoms. The molecule has 0 aromatic carbocycles. The summed E-state index contributed by atoms with van der Waals surface area (Å²) in [5.74, 6) is 0. The van der Waals surface area contributed by atoms with Gasteiger partial charge in [-0.2, -0.15) is 8.78 Å². The summed E-state index contributed by atoms with van der Waals surface area (Å²) in [6, 6.07) is 0. The molecule has 0 fully saturated rings. The Labute approximate surface area is 79.9 Å². The molecule has 0 bridgehead atoms. The second-order valence-corrected chi connectivity index (χ2v) is 4.59. The Morgan fingerprint density at radius 1 is 1.57 bits per heavy atom. The van der Waals surface area contributed by atoms with Crippen LogP contribution in [0.1, 0.15) is 0 Å². The minimum Gasteiger partial charge on any atom is -0.759 e. The zero-order valence-corrected chi connectivity index (χ0v) is 8.20. The van der Waals surface area contributed by atoms with Gasteiger partial charge in [0.1, 0.15) is 0 Å². The molecule has 0 aliphatic heterocycles. The average Bonchev–Trinajstić information content (AvgIpc) is 2.00. The van der Waals surface area contributed by atoms with E-state index in [4.69, 9.17) is 0 Å². The zero-order chi connectivity index (χ0) is 11.6. The van der Waals surface area contributed by atoms with Gasteiger partial charge in [0.2, 0.25) is 0 Å². The Morgan fingerprint density at radius 2 is 2.00 bits per heavy atom. The van der Waals surface area contributed by atoms with Gasteiger partial charge < -0.3 is 9.29 Å². The third-order valence-corrected chi connectivity index (χ3v) is 3.29. The molecule has 0 aliphatic carbocycles. The summed E-state index contributed by atoms with van der Waals surface area (Å²) >= 11 is -3.41. The lowest BCUT2D eigenvalue weighted by atomic mass is 10.7. The van der Waals surface area contributed by atoms with Crippen LogP contribution in [0.5, 0.6) is 0 Å². The number of methoxy groups -OCH3 is 1. The largest absolute Gasteiger partial charge is 0.759 e. The molecule has 0 aromatic heterocycles. The smallest absolute Gasteiger partial charge is 0.402 e. The van der Waals surface area contributed by atoms with Crippen molar-refractivity contribution in [3.63, 3.8) is 0 Å². The molecule has 0 heterocycles. The Balaban J connectivity index is 4.85. The van der Waals surface area contributed by atoms with Crippen LogP contribution < -0.4 is 4.13 Å². The first-order valence-corrected chi connectivity index (χ1v) is 5.43. The third-order valence-electron chi connectivity index (χ3n) is 0.993. The Kier molecular flexibility index (Phi) is 4.45. The minimum absolute atomic E-state index is 0.371. The lowest BCUT2D eigenvalue weighted by Crippen LogP contribution is -2.44. The van der Waals surface area contributed by atoms with Crippen LogP contribution in [0, 0.1) is 0 Å². The van der Waals surface area contributed by atoms with Gasteiger partial charge in [-0.1, -0.05) is 0 Å². The van der Waals surface area contributed by atoms with Crippen LogP contribution in [0.15, 0.2) is 0 Å². The molecule has 0 amide bonds.